The van der Waals surface area contributed by atoms with Gasteiger partial charge in [0.1, 0.15) is 5.69 Å². The van der Waals surface area contributed by atoms with Crippen LogP contribution in [0.4, 0.5) is 5.82 Å². The van der Waals surface area contributed by atoms with Gasteiger partial charge in [0, 0.05) is 39.2 Å². The van der Waals surface area contributed by atoms with Crippen LogP contribution in [0.1, 0.15) is 13.3 Å². The molecule has 2 aromatic heterocycles. The molecule has 5 nitrogen and oxygen atoms in total. The number of anilines is 1. The second-order valence-corrected chi connectivity index (χ2v) is 4.06. The van der Waals surface area contributed by atoms with E-state index in [1.54, 1.807) is 18.6 Å². The fourth-order valence-corrected chi connectivity index (χ4v) is 1.76. The Kier molecular flexibility index (Phi) is 3.37. The van der Waals surface area contributed by atoms with Gasteiger partial charge in [-0.05, 0) is 12.5 Å². The molecule has 0 atom stereocenters. The molecule has 2 rings (SSSR count). The molecule has 5 heteroatoms. The third-order valence-corrected chi connectivity index (χ3v) is 2.50. The third-order valence-electron chi connectivity index (χ3n) is 2.50. The Bertz CT molecular complexity index is 489. The van der Waals surface area contributed by atoms with Gasteiger partial charge in [0.2, 0.25) is 0 Å². The topological polar surface area (TPSA) is 46.8 Å². The predicted molar refractivity (Wildman–Crippen MR) is 67.9 cm³/mol. The monoisotopic (exact) mass is 231 g/mol. The Labute approximate surface area is 101 Å². The SMILES string of the molecule is CCCn1nccc1-c1nccnc1N(C)C. The summed E-state index contributed by atoms with van der Waals surface area (Å²) in [5.74, 6) is 0.866. The van der Waals surface area contributed by atoms with Crippen LogP contribution in [0.15, 0.2) is 24.7 Å². The molecule has 0 saturated carbocycles. The van der Waals surface area contributed by atoms with Crippen LogP contribution in [-0.4, -0.2) is 33.8 Å². The van der Waals surface area contributed by atoms with E-state index in [0.717, 1.165) is 30.2 Å². The second kappa shape index (κ2) is 4.95. The van der Waals surface area contributed by atoms with Crippen molar-refractivity contribution in [3.05, 3.63) is 24.7 Å². The molecule has 0 aromatic carbocycles. The molecule has 0 aliphatic heterocycles. The van der Waals surface area contributed by atoms with Crippen molar-refractivity contribution in [1.29, 1.82) is 0 Å². The van der Waals surface area contributed by atoms with Gasteiger partial charge in [0.25, 0.3) is 0 Å². The highest BCUT2D eigenvalue weighted by molar-refractivity contribution is 5.68. The summed E-state index contributed by atoms with van der Waals surface area (Å²) in [6.07, 6.45) is 6.27. The molecular formula is C12H17N5. The Morgan fingerprint density at radius 2 is 1.94 bits per heavy atom. The lowest BCUT2D eigenvalue weighted by molar-refractivity contribution is 0.608. The summed E-state index contributed by atoms with van der Waals surface area (Å²) in [5.41, 5.74) is 1.90. The van der Waals surface area contributed by atoms with Crippen molar-refractivity contribution >= 4 is 5.82 Å². The number of hydrogen-bond acceptors (Lipinski definition) is 4. The highest BCUT2D eigenvalue weighted by Gasteiger charge is 2.13. The maximum atomic E-state index is 4.42. The van der Waals surface area contributed by atoms with E-state index in [9.17, 15) is 0 Å². The van der Waals surface area contributed by atoms with Crippen LogP contribution < -0.4 is 4.90 Å². The Morgan fingerprint density at radius 3 is 2.65 bits per heavy atom. The van der Waals surface area contributed by atoms with E-state index in [-0.39, 0.29) is 0 Å². The maximum absolute atomic E-state index is 4.42. The lowest BCUT2D eigenvalue weighted by Crippen LogP contribution is -2.14. The van der Waals surface area contributed by atoms with E-state index in [2.05, 4.69) is 22.0 Å². The van der Waals surface area contributed by atoms with Crippen LogP contribution in [0.25, 0.3) is 11.4 Å². The lowest BCUT2D eigenvalue weighted by Gasteiger charge is -2.15. The Balaban J connectivity index is 2.48. The summed E-state index contributed by atoms with van der Waals surface area (Å²) in [7, 11) is 3.93. The van der Waals surface area contributed by atoms with E-state index in [1.165, 1.54) is 0 Å². The minimum Gasteiger partial charge on any atom is -0.361 e. The van der Waals surface area contributed by atoms with Crippen molar-refractivity contribution in [2.45, 2.75) is 19.9 Å². The Morgan fingerprint density at radius 1 is 1.18 bits per heavy atom. The molecule has 0 N–H and O–H groups in total. The quantitative estimate of drug-likeness (QED) is 0.805. The standard InChI is InChI=1S/C12H17N5/c1-4-9-17-10(5-6-15-17)11-12(16(2)3)14-8-7-13-11/h5-8H,4,9H2,1-3H3. The molecule has 0 bridgehead atoms. The zero-order chi connectivity index (χ0) is 12.3. The second-order valence-electron chi connectivity index (χ2n) is 4.06. The Hall–Kier alpha value is -1.91. The number of aryl methyl sites for hydroxylation is 1. The number of hydrogen-bond donors (Lipinski definition) is 0. The zero-order valence-electron chi connectivity index (χ0n) is 10.5. The molecule has 90 valence electrons. The lowest BCUT2D eigenvalue weighted by atomic mass is 10.3. The number of rotatable bonds is 4. The first-order valence-corrected chi connectivity index (χ1v) is 5.74. The number of aromatic nitrogens is 4. The molecule has 0 aliphatic rings. The molecular weight excluding hydrogens is 214 g/mol. The first-order valence-electron chi connectivity index (χ1n) is 5.74. The van der Waals surface area contributed by atoms with Crippen LogP contribution in [-0.2, 0) is 6.54 Å². The summed E-state index contributed by atoms with van der Waals surface area (Å²) < 4.78 is 1.97. The molecule has 0 amide bonds. The molecule has 0 saturated heterocycles. The normalized spacial score (nSPS) is 10.5. The van der Waals surface area contributed by atoms with Crippen molar-refractivity contribution < 1.29 is 0 Å². The average molecular weight is 231 g/mol. The summed E-state index contributed by atoms with van der Waals surface area (Å²) in [6.45, 7) is 3.03. The summed E-state index contributed by atoms with van der Waals surface area (Å²) in [6, 6.07) is 1.98. The molecule has 0 spiro atoms. The van der Waals surface area contributed by atoms with Crippen LogP contribution in [0.5, 0.6) is 0 Å². The first-order chi connectivity index (χ1) is 8.24. The molecule has 0 aliphatic carbocycles. The van der Waals surface area contributed by atoms with E-state index in [4.69, 9.17) is 0 Å². The van der Waals surface area contributed by atoms with Gasteiger partial charge in [-0.25, -0.2) is 9.97 Å². The van der Waals surface area contributed by atoms with Gasteiger partial charge in [0.15, 0.2) is 5.82 Å². The van der Waals surface area contributed by atoms with Gasteiger partial charge < -0.3 is 4.90 Å². The van der Waals surface area contributed by atoms with Gasteiger partial charge in [0.05, 0.1) is 5.69 Å². The van der Waals surface area contributed by atoms with Gasteiger partial charge in [-0.1, -0.05) is 6.92 Å². The predicted octanol–water partition coefficient (Wildman–Crippen LogP) is 1.82. The molecule has 0 fully saturated rings. The molecule has 17 heavy (non-hydrogen) atoms. The van der Waals surface area contributed by atoms with Crippen molar-refractivity contribution in [1.82, 2.24) is 19.7 Å². The molecule has 0 radical (unpaired) electrons. The minimum atomic E-state index is 0.866. The van der Waals surface area contributed by atoms with Crippen LogP contribution in [0.2, 0.25) is 0 Å². The highest BCUT2D eigenvalue weighted by Crippen LogP contribution is 2.24. The van der Waals surface area contributed by atoms with E-state index >= 15 is 0 Å². The smallest absolute Gasteiger partial charge is 0.156 e. The van der Waals surface area contributed by atoms with E-state index < -0.39 is 0 Å². The van der Waals surface area contributed by atoms with Crippen molar-refractivity contribution in [3.63, 3.8) is 0 Å². The summed E-state index contributed by atoms with van der Waals surface area (Å²) >= 11 is 0. The van der Waals surface area contributed by atoms with Gasteiger partial charge in [-0.15, -0.1) is 0 Å². The van der Waals surface area contributed by atoms with Crippen LogP contribution in [0, 0.1) is 0 Å². The van der Waals surface area contributed by atoms with Crippen molar-refractivity contribution in [2.75, 3.05) is 19.0 Å². The summed E-state index contributed by atoms with van der Waals surface area (Å²) in [5, 5.41) is 4.31. The first kappa shape index (κ1) is 11.6. The van der Waals surface area contributed by atoms with Gasteiger partial charge in [-0.2, -0.15) is 5.10 Å². The fourth-order valence-electron chi connectivity index (χ4n) is 1.76. The number of nitrogens with zero attached hydrogens (tertiary/aromatic N) is 5. The summed E-state index contributed by atoms with van der Waals surface area (Å²) in [4.78, 5) is 10.7. The van der Waals surface area contributed by atoms with Crippen molar-refractivity contribution in [3.8, 4) is 11.4 Å². The van der Waals surface area contributed by atoms with Gasteiger partial charge in [-0.3, -0.25) is 4.68 Å². The fraction of sp³-hybridized carbons (Fsp3) is 0.417. The zero-order valence-corrected chi connectivity index (χ0v) is 10.5. The molecule has 2 aromatic rings. The molecule has 0 unspecified atom stereocenters. The van der Waals surface area contributed by atoms with E-state index in [1.807, 2.05) is 29.7 Å². The largest absolute Gasteiger partial charge is 0.361 e. The van der Waals surface area contributed by atoms with Crippen LogP contribution >= 0.6 is 0 Å². The third kappa shape index (κ3) is 2.27. The highest BCUT2D eigenvalue weighted by atomic mass is 15.3. The van der Waals surface area contributed by atoms with Crippen molar-refractivity contribution in [2.24, 2.45) is 0 Å². The van der Waals surface area contributed by atoms with Crippen LogP contribution in [0.3, 0.4) is 0 Å². The average Bonchev–Trinajstić information content (AvgIpc) is 2.77. The molecule has 2 heterocycles. The maximum Gasteiger partial charge on any atom is 0.156 e. The van der Waals surface area contributed by atoms with E-state index in [0.29, 0.717) is 0 Å². The van der Waals surface area contributed by atoms with Gasteiger partial charge >= 0.3 is 0 Å². The minimum absolute atomic E-state index is 0.866.